The van der Waals surface area contributed by atoms with E-state index >= 15 is 0 Å². The largest absolute Gasteiger partial charge is 0.326 e. The van der Waals surface area contributed by atoms with Crippen molar-refractivity contribution >= 4 is 69.6 Å². The Bertz CT molecular complexity index is 981. The van der Waals surface area contributed by atoms with Crippen LogP contribution in [0.25, 0.3) is 0 Å². The highest BCUT2D eigenvalue weighted by atomic mass is 35.5. The van der Waals surface area contributed by atoms with Gasteiger partial charge in [-0.1, -0.05) is 46.4 Å². The first-order valence-electron chi connectivity index (χ1n) is 10.7. The number of halogens is 4. The third-order valence-electron chi connectivity index (χ3n) is 7.27. The maximum atomic E-state index is 13.5. The van der Waals surface area contributed by atoms with E-state index in [9.17, 15) is 9.59 Å². The number of carbonyl (C=O) groups excluding carboxylic acids is 2. The van der Waals surface area contributed by atoms with Crippen molar-refractivity contribution in [3.63, 3.8) is 0 Å². The molecule has 4 bridgehead atoms. The zero-order valence-corrected chi connectivity index (χ0v) is 20.2. The molecular formula is C24H22Cl4N2O2. The van der Waals surface area contributed by atoms with Crippen molar-refractivity contribution in [2.45, 2.75) is 38.5 Å². The summed E-state index contributed by atoms with van der Waals surface area (Å²) in [6, 6.07) is 10.0. The molecule has 4 saturated carbocycles. The van der Waals surface area contributed by atoms with Gasteiger partial charge in [-0.15, -0.1) is 0 Å². The number of rotatable bonds is 4. The Balaban J connectivity index is 1.41. The van der Waals surface area contributed by atoms with E-state index < -0.39 is 10.8 Å². The van der Waals surface area contributed by atoms with Crippen LogP contribution in [-0.4, -0.2) is 11.8 Å². The lowest BCUT2D eigenvalue weighted by molar-refractivity contribution is -0.161. The standard InChI is InChI=1S/C24H22Cl4N2O2/c25-15-2-16(26)5-19(4-15)29-21(31)23-8-13-1-14(9-23)11-24(10-13,12-23)22(32)30-20-6-17(27)3-18(28)7-20/h2-7,13-14H,1,8-12H2,(H,29,31)(H,30,32). The van der Waals surface area contributed by atoms with Gasteiger partial charge >= 0.3 is 0 Å². The number of nitrogens with one attached hydrogen (secondary N) is 2. The summed E-state index contributed by atoms with van der Waals surface area (Å²) in [5.74, 6) is 0.623. The van der Waals surface area contributed by atoms with Crippen LogP contribution >= 0.6 is 46.4 Å². The maximum absolute atomic E-state index is 13.5. The fourth-order valence-corrected chi connectivity index (χ4v) is 7.63. The number of benzene rings is 2. The molecule has 0 saturated heterocycles. The van der Waals surface area contributed by atoms with Crippen LogP contribution < -0.4 is 10.6 Å². The minimum atomic E-state index is -0.567. The van der Waals surface area contributed by atoms with Gasteiger partial charge in [0.25, 0.3) is 0 Å². The van der Waals surface area contributed by atoms with Crippen LogP contribution in [0.15, 0.2) is 36.4 Å². The third-order valence-corrected chi connectivity index (χ3v) is 8.14. The molecule has 0 heterocycles. The minimum Gasteiger partial charge on any atom is -0.326 e. The molecule has 4 nitrogen and oxygen atoms in total. The molecule has 32 heavy (non-hydrogen) atoms. The quantitative estimate of drug-likeness (QED) is 0.447. The van der Waals surface area contributed by atoms with Crippen LogP contribution in [0.5, 0.6) is 0 Å². The molecule has 4 aliphatic carbocycles. The van der Waals surface area contributed by atoms with E-state index in [1.54, 1.807) is 36.4 Å². The molecule has 2 N–H and O–H groups in total. The van der Waals surface area contributed by atoms with Crippen LogP contribution in [0, 0.1) is 22.7 Å². The summed E-state index contributed by atoms with van der Waals surface area (Å²) in [6.45, 7) is 0. The monoisotopic (exact) mass is 510 g/mol. The van der Waals surface area contributed by atoms with Crippen LogP contribution in [0.2, 0.25) is 20.1 Å². The molecule has 0 aliphatic heterocycles. The van der Waals surface area contributed by atoms with Gasteiger partial charge in [-0.2, -0.15) is 0 Å². The molecule has 4 aliphatic rings. The molecule has 168 valence electrons. The van der Waals surface area contributed by atoms with Gasteiger partial charge in [0.2, 0.25) is 11.8 Å². The lowest BCUT2D eigenvalue weighted by atomic mass is 9.43. The predicted octanol–water partition coefficient (Wildman–Crippen LogP) is 7.46. The Morgan fingerprint density at radius 3 is 1.34 bits per heavy atom. The predicted molar refractivity (Wildman–Crippen MR) is 130 cm³/mol. The van der Waals surface area contributed by atoms with E-state index in [1.807, 2.05) is 0 Å². The van der Waals surface area contributed by atoms with Gasteiger partial charge < -0.3 is 10.6 Å². The van der Waals surface area contributed by atoms with E-state index in [0.29, 0.717) is 49.7 Å². The summed E-state index contributed by atoms with van der Waals surface area (Å²) in [5.41, 5.74) is 0.0235. The maximum Gasteiger partial charge on any atom is 0.230 e. The molecule has 2 amide bonds. The van der Waals surface area contributed by atoms with E-state index in [4.69, 9.17) is 46.4 Å². The molecular weight excluding hydrogens is 490 g/mol. The molecule has 2 aromatic rings. The van der Waals surface area contributed by atoms with Crippen LogP contribution in [-0.2, 0) is 9.59 Å². The number of anilines is 2. The van der Waals surface area contributed by atoms with Gasteiger partial charge in [-0.25, -0.2) is 0 Å². The fraction of sp³-hybridized carbons (Fsp3) is 0.417. The second kappa shape index (κ2) is 8.09. The lowest BCUT2D eigenvalue weighted by Gasteiger charge is -2.60. The minimum absolute atomic E-state index is 0.0482. The Morgan fingerprint density at radius 1 is 0.656 bits per heavy atom. The Hall–Kier alpha value is -1.46. The Labute approximate surface area is 206 Å². The van der Waals surface area contributed by atoms with Crippen LogP contribution in [0.4, 0.5) is 11.4 Å². The average molecular weight is 512 g/mol. The zero-order chi connectivity index (χ0) is 22.7. The van der Waals surface area contributed by atoms with Crippen LogP contribution in [0.3, 0.4) is 0 Å². The normalized spacial score (nSPS) is 30.2. The van der Waals surface area contributed by atoms with E-state index in [-0.39, 0.29) is 11.8 Å². The van der Waals surface area contributed by atoms with E-state index in [0.717, 1.165) is 32.1 Å². The zero-order valence-electron chi connectivity index (χ0n) is 17.2. The smallest absolute Gasteiger partial charge is 0.230 e. The molecule has 0 aromatic heterocycles. The van der Waals surface area contributed by atoms with Gasteiger partial charge in [-0.3, -0.25) is 9.59 Å². The SMILES string of the molecule is O=C(Nc1cc(Cl)cc(Cl)c1)C12CC3CC(C1)CC(C(=O)Nc1cc(Cl)cc(Cl)c1)(C3)C2. The molecule has 0 unspecified atom stereocenters. The van der Waals surface area contributed by atoms with Gasteiger partial charge in [0.1, 0.15) is 0 Å². The Kier molecular flexibility index (Phi) is 5.65. The van der Waals surface area contributed by atoms with Crippen molar-refractivity contribution in [3.05, 3.63) is 56.5 Å². The number of carbonyl (C=O) groups is 2. The van der Waals surface area contributed by atoms with Crippen molar-refractivity contribution in [2.75, 3.05) is 10.6 Å². The molecule has 0 atom stereocenters. The summed E-state index contributed by atoms with van der Waals surface area (Å²) in [6.07, 6.45) is 4.84. The lowest BCUT2D eigenvalue weighted by Crippen LogP contribution is -2.59. The van der Waals surface area contributed by atoms with Gasteiger partial charge in [0, 0.05) is 31.5 Å². The van der Waals surface area contributed by atoms with Crippen molar-refractivity contribution in [3.8, 4) is 0 Å². The van der Waals surface area contributed by atoms with Gasteiger partial charge in [0.05, 0.1) is 10.8 Å². The molecule has 6 rings (SSSR count). The molecule has 8 heteroatoms. The van der Waals surface area contributed by atoms with Gasteiger partial charge in [-0.05, 0) is 86.8 Å². The average Bonchev–Trinajstić information content (AvgIpc) is 2.65. The van der Waals surface area contributed by atoms with Gasteiger partial charge in [0.15, 0.2) is 0 Å². The topological polar surface area (TPSA) is 58.2 Å². The Morgan fingerprint density at radius 2 is 1.00 bits per heavy atom. The molecule has 0 radical (unpaired) electrons. The number of amides is 2. The number of hydrogen-bond donors (Lipinski definition) is 2. The molecule has 2 aromatic carbocycles. The highest BCUT2D eigenvalue weighted by Crippen LogP contribution is 2.65. The third kappa shape index (κ3) is 4.11. The highest BCUT2D eigenvalue weighted by molar-refractivity contribution is 6.35. The number of hydrogen-bond acceptors (Lipinski definition) is 2. The van der Waals surface area contributed by atoms with Crippen LogP contribution in [0.1, 0.15) is 38.5 Å². The fourth-order valence-electron chi connectivity index (χ4n) is 6.57. The van der Waals surface area contributed by atoms with Crippen molar-refractivity contribution in [1.29, 1.82) is 0 Å². The van der Waals surface area contributed by atoms with Crippen molar-refractivity contribution in [1.82, 2.24) is 0 Å². The molecule has 0 spiro atoms. The van der Waals surface area contributed by atoms with E-state index in [1.165, 1.54) is 0 Å². The second-order valence-electron chi connectivity index (χ2n) is 9.75. The highest BCUT2D eigenvalue weighted by Gasteiger charge is 2.63. The first-order valence-corrected chi connectivity index (χ1v) is 12.2. The second-order valence-corrected chi connectivity index (χ2v) is 11.5. The summed E-state index contributed by atoms with van der Waals surface area (Å²) in [5, 5.41) is 7.92. The van der Waals surface area contributed by atoms with E-state index in [2.05, 4.69) is 10.6 Å². The summed E-state index contributed by atoms with van der Waals surface area (Å²) in [4.78, 5) is 27.1. The van der Waals surface area contributed by atoms with Crippen molar-refractivity contribution in [2.24, 2.45) is 22.7 Å². The first kappa shape index (κ1) is 22.3. The summed E-state index contributed by atoms with van der Waals surface area (Å²) >= 11 is 24.4. The molecule has 4 fully saturated rings. The summed E-state index contributed by atoms with van der Waals surface area (Å²) < 4.78 is 0. The summed E-state index contributed by atoms with van der Waals surface area (Å²) in [7, 11) is 0. The first-order chi connectivity index (χ1) is 15.1. The van der Waals surface area contributed by atoms with Crippen molar-refractivity contribution < 1.29 is 9.59 Å².